The molecular formula is C21H28N4. The van der Waals surface area contributed by atoms with Crippen molar-refractivity contribution in [3.63, 3.8) is 0 Å². The number of rotatable bonds is 2. The summed E-state index contributed by atoms with van der Waals surface area (Å²) in [4.78, 5) is 11.7. The summed E-state index contributed by atoms with van der Waals surface area (Å²) in [6.45, 7) is 11.2. The van der Waals surface area contributed by atoms with Gasteiger partial charge in [-0.25, -0.2) is 9.97 Å². The predicted molar refractivity (Wildman–Crippen MR) is 104 cm³/mol. The van der Waals surface area contributed by atoms with Crippen LogP contribution in [0.1, 0.15) is 57.1 Å². The summed E-state index contributed by atoms with van der Waals surface area (Å²) in [5.41, 5.74) is 6.37. The molecule has 0 aliphatic carbocycles. The second-order valence-electron chi connectivity index (χ2n) is 8.30. The van der Waals surface area contributed by atoms with Crippen LogP contribution in [0, 0.1) is 6.92 Å². The molecule has 0 unspecified atom stereocenters. The molecule has 1 fully saturated rings. The minimum atomic E-state index is 0.151. The van der Waals surface area contributed by atoms with Gasteiger partial charge in [-0.2, -0.15) is 0 Å². The minimum Gasteiger partial charge on any atom is -0.380 e. The quantitative estimate of drug-likeness (QED) is 0.859. The molecule has 0 radical (unpaired) electrons. The van der Waals surface area contributed by atoms with E-state index in [9.17, 15) is 0 Å². The van der Waals surface area contributed by atoms with Gasteiger partial charge in [0.25, 0.3) is 0 Å². The number of hydrogen-bond donors (Lipinski definition) is 1. The van der Waals surface area contributed by atoms with Crippen LogP contribution in [0.25, 0.3) is 11.3 Å². The highest BCUT2D eigenvalue weighted by molar-refractivity contribution is 5.72. The van der Waals surface area contributed by atoms with Crippen molar-refractivity contribution in [2.45, 2.75) is 58.4 Å². The number of nitrogens with zero attached hydrogens (tertiary/aromatic N) is 3. The van der Waals surface area contributed by atoms with Crippen LogP contribution in [0.4, 0.5) is 11.6 Å². The molecule has 1 atom stereocenters. The van der Waals surface area contributed by atoms with Gasteiger partial charge in [0.05, 0.1) is 5.69 Å². The third kappa shape index (κ3) is 3.10. The molecule has 0 saturated carbocycles. The zero-order valence-corrected chi connectivity index (χ0v) is 15.8. The Balaban J connectivity index is 1.74. The summed E-state index contributed by atoms with van der Waals surface area (Å²) in [5.74, 6) is 1.42. The monoisotopic (exact) mass is 336 g/mol. The molecule has 4 nitrogen and oxygen atoms in total. The van der Waals surface area contributed by atoms with Gasteiger partial charge in [-0.05, 0) is 75.3 Å². The van der Waals surface area contributed by atoms with Gasteiger partial charge < -0.3 is 10.2 Å². The van der Waals surface area contributed by atoms with Gasteiger partial charge in [0.1, 0.15) is 0 Å². The summed E-state index contributed by atoms with van der Waals surface area (Å²) in [5, 5.41) is 3.70. The molecule has 1 N–H and O–H groups in total. The van der Waals surface area contributed by atoms with Crippen molar-refractivity contribution in [3.8, 4) is 11.3 Å². The van der Waals surface area contributed by atoms with Gasteiger partial charge in [-0.1, -0.05) is 6.92 Å². The summed E-state index contributed by atoms with van der Waals surface area (Å²) in [6, 6.07) is 6.67. The first-order valence-corrected chi connectivity index (χ1v) is 9.44. The Morgan fingerprint density at radius 3 is 2.72 bits per heavy atom. The molecule has 2 aromatic rings. The number of aryl methyl sites for hydroxylation is 1. The van der Waals surface area contributed by atoms with Gasteiger partial charge in [-0.15, -0.1) is 0 Å². The molecule has 2 aliphatic rings. The molecule has 0 bridgehead atoms. The van der Waals surface area contributed by atoms with E-state index in [1.165, 1.54) is 35.2 Å². The number of nitrogens with one attached hydrogen (secondary N) is 1. The van der Waals surface area contributed by atoms with E-state index in [0.717, 1.165) is 31.2 Å². The van der Waals surface area contributed by atoms with Gasteiger partial charge >= 0.3 is 0 Å². The largest absolute Gasteiger partial charge is 0.380 e. The molecule has 4 heteroatoms. The molecule has 25 heavy (non-hydrogen) atoms. The molecule has 132 valence electrons. The highest BCUT2D eigenvalue weighted by Crippen LogP contribution is 2.41. The van der Waals surface area contributed by atoms with Crippen LogP contribution in [0.15, 0.2) is 24.4 Å². The zero-order chi connectivity index (χ0) is 17.6. The molecule has 0 amide bonds. The topological polar surface area (TPSA) is 41.1 Å². The Hall–Kier alpha value is -2.10. The summed E-state index contributed by atoms with van der Waals surface area (Å²) < 4.78 is 0. The van der Waals surface area contributed by atoms with Crippen LogP contribution in [0.5, 0.6) is 0 Å². The fourth-order valence-electron chi connectivity index (χ4n) is 4.38. The molecule has 2 aliphatic heterocycles. The van der Waals surface area contributed by atoms with Crippen LogP contribution in [0.3, 0.4) is 0 Å². The molecule has 0 spiro atoms. The Morgan fingerprint density at radius 1 is 1.20 bits per heavy atom. The summed E-state index contributed by atoms with van der Waals surface area (Å²) in [7, 11) is 0. The van der Waals surface area contributed by atoms with Crippen LogP contribution in [-0.4, -0.2) is 28.6 Å². The van der Waals surface area contributed by atoms with Gasteiger partial charge in [0.2, 0.25) is 5.95 Å². The van der Waals surface area contributed by atoms with Crippen molar-refractivity contribution >= 4 is 11.6 Å². The molecular weight excluding hydrogens is 308 g/mol. The van der Waals surface area contributed by atoms with Gasteiger partial charge in [-0.3, -0.25) is 0 Å². The first kappa shape index (κ1) is 16.4. The molecule has 3 heterocycles. The number of aromatic nitrogens is 2. The maximum atomic E-state index is 4.88. The lowest BCUT2D eigenvalue weighted by molar-refractivity contribution is 0.454. The summed E-state index contributed by atoms with van der Waals surface area (Å²) in [6.07, 6.45) is 5.53. The van der Waals surface area contributed by atoms with E-state index in [0.29, 0.717) is 5.92 Å². The van der Waals surface area contributed by atoms with Gasteiger partial charge in [0.15, 0.2) is 0 Å². The van der Waals surface area contributed by atoms with Crippen LogP contribution in [0.2, 0.25) is 0 Å². The van der Waals surface area contributed by atoms with Crippen molar-refractivity contribution in [2.24, 2.45) is 0 Å². The highest BCUT2D eigenvalue weighted by atomic mass is 15.3. The number of fused-ring (bicyclic) bond motifs is 1. The Morgan fingerprint density at radius 2 is 1.96 bits per heavy atom. The van der Waals surface area contributed by atoms with Crippen molar-refractivity contribution in [3.05, 3.63) is 35.5 Å². The van der Waals surface area contributed by atoms with E-state index in [1.54, 1.807) is 0 Å². The molecule has 1 saturated heterocycles. The number of benzene rings is 1. The maximum Gasteiger partial charge on any atom is 0.225 e. The summed E-state index contributed by atoms with van der Waals surface area (Å²) >= 11 is 0. The standard InChI is InChI=1S/C21H28N4/c1-14-11-19-17(15(2)13-21(3,4)24-19)12-16(14)18-7-8-22-20(23-18)25-9-5-6-10-25/h7-8,11-12,15,24H,5-6,9-10,13H2,1-4H3/t15-/m1/s1. The van der Waals surface area contributed by atoms with Crippen LogP contribution < -0.4 is 10.2 Å². The molecule has 1 aromatic heterocycles. The third-order valence-corrected chi connectivity index (χ3v) is 5.52. The Bertz CT molecular complexity index is 790. The molecule has 1 aromatic carbocycles. The fourth-order valence-corrected chi connectivity index (χ4v) is 4.38. The first-order valence-electron chi connectivity index (χ1n) is 9.44. The lowest BCUT2D eigenvalue weighted by Gasteiger charge is -2.38. The normalized spacial score (nSPS) is 21.8. The lowest BCUT2D eigenvalue weighted by atomic mass is 9.80. The van der Waals surface area contributed by atoms with E-state index in [2.05, 4.69) is 55.0 Å². The Kier molecular flexibility index (Phi) is 3.94. The third-order valence-electron chi connectivity index (χ3n) is 5.52. The van der Waals surface area contributed by atoms with Crippen LogP contribution >= 0.6 is 0 Å². The van der Waals surface area contributed by atoms with Crippen molar-refractivity contribution in [1.29, 1.82) is 0 Å². The average Bonchev–Trinajstić information content (AvgIpc) is 3.08. The van der Waals surface area contributed by atoms with Crippen molar-refractivity contribution in [2.75, 3.05) is 23.3 Å². The van der Waals surface area contributed by atoms with E-state index in [1.807, 2.05) is 12.3 Å². The fraction of sp³-hybridized carbons (Fsp3) is 0.524. The second-order valence-corrected chi connectivity index (χ2v) is 8.30. The number of hydrogen-bond acceptors (Lipinski definition) is 4. The predicted octanol–water partition coefficient (Wildman–Crippen LogP) is 4.75. The highest BCUT2D eigenvalue weighted by Gasteiger charge is 2.30. The van der Waals surface area contributed by atoms with E-state index in [-0.39, 0.29) is 5.54 Å². The van der Waals surface area contributed by atoms with E-state index in [4.69, 9.17) is 4.98 Å². The van der Waals surface area contributed by atoms with Crippen molar-refractivity contribution in [1.82, 2.24) is 9.97 Å². The van der Waals surface area contributed by atoms with Gasteiger partial charge in [0, 0.05) is 36.1 Å². The van der Waals surface area contributed by atoms with Crippen LogP contribution in [-0.2, 0) is 0 Å². The lowest BCUT2D eigenvalue weighted by Crippen LogP contribution is -2.36. The average molecular weight is 336 g/mol. The SMILES string of the molecule is Cc1cc2c(cc1-c1ccnc(N3CCCC3)n1)[C@H](C)CC(C)(C)N2. The Labute approximate surface area is 150 Å². The zero-order valence-electron chi connectivity index (χ0n) is 15.8. The maximum absolute atomic E-state index is 4.88. The van der Waals surface area contributed by atoms with Crippen molar-refractivity contribution < 1.29 is 0 Å². The molecule has 4 rings (SSSR count). The minimum absolute atomic E-state index is 0.151. The number of anilines is 2. The first-order chi connectivity index (χ1) is 11.9. The van der Waals surface area contributed by atoms with E-state index >= 15 is 0 Å². The second kappa shape index (κ2) is 6.01. The van der Waals surface area contributed by atoms with E-state index < -0.39 is 0 Å². The smallest absolute Gasteiger partial charge is 0.225 e.